The number of nitrogens with zero attached hydrogens (tertiary/aromatic N) is 5. The Balaban J connectivity index is 1.72. The van der Waals surface area contributed by atoms with Gasteiger partial charge in [-0.15, -0.1) is 0 Å². The lowest BCUT2D eigenvalue weighted by molar-refractivity contribution is -0.119. The minimum absolute atomic E-state index is 0.116. The second-order valence-corrected chi connectivity index (χ2v) is 6.19. The van der Waals surface area contributed by atoms with E-state index in [9.17, 15) is 9.59 Å². The van der Waals surface area contributed by atoms with E-state index < -0.39 is 0 Å². The summed E-state index contributed by atoms with van der Waals surface area (Å²) in [4.78, 5) is 37.6. The predicted octanol–water partition coefficient (Wildman–Crippen LogP) is 1.42. The summed E-state index contributed by atoms with van der Waals surface area (Å²) in [5.41, 5.74) is 1.58. The molecule has 7 heteroatoms. The molecule has 2 heterocycles. The van der Waals surface area contributed by atoms with Gasteiger partial charge in [-0.1, -0.05) is 30.3 Å². The molecule has 2 aromatic rings. The van der Waals surface area contributed by atoms with Crippen molar-refractivity contribution in [2.24, 2.45) is 0 Å². The quantitative estimate of drug-likeness (QED) is 0.735. The zero-order valence-corrected chi connectivity index (χ0v) is 14.9. The van der Waals surface area contributed by atoms with E-state index in [0.717, 1.165) is 25.3 Å². The molecule has 1 fully saturated rings. The second kappa shape index (κ2) is 8.42. The van der Waals surface area contributed by atoms with Crippen LogP contribution < -0.4 is 4.90 Å². The van der Waals surface area contributed by atoms with Gasteiger partial charge in [-0.3, -0.25) is 9.59 Å². The molecule has 26 heavy (non-hydrogen) atoms. The van der Waals surface area contributed by atoms with Crippen molar-refractivity contribution in [1.82, 2.24) is 19.8 Å². The van der Waals surface area contributed by atoms with Crippen LogP contribution in [0.4, 0.5) is 5.82 Å². The summed E-state index contributed by atoms with van der Waals surface area (Å²) >= 11 is 0. The van der Waals surface area contributed by atoms with Gasteiger partial charge in [-0.25, -0.2) is 9.97 Å². The largest absolute Gasteiger partial charge is 0.352 e. The van der Waals surface area contributed by atoms with Crippen molar-refractivity contribution in [3.63, 3.8) is 0 Å². The average Bonchev–Trinajstić information content (AvgIpc) is 2.72. The molecule has 1 saturated heterocycles. The van der Waals surface area contributed by atoms with E-state index in [1.165, 1.54) is 11.9 Å². The fraction of sp³-hybridized carbons (Fsp3) is 0.368. The molecule has 136 valence electrons. The zero-order chi connectivity index (χ0) is 18.4. The number of piperazine rings is 1. The zero-order valence-electron chi connectivity index (χ0n) is 14.9. The van der Waals surface area contributed by atoms with Crippen LogP contribution in [-0.2, 0) is 11.3 Å². The van der Waals surface area contributed by atoms with Crippen molar-refractivity contribution in [2.45, 2.75) is 13.5 Å². The van der Waals surface area contributed by atoms with E-state index in [-0.39, 0.29) is 5.91 Å². The maximum atomic E-state index is 12.7. The minimum atomic E-state index is -0.116. The summed E-state index contributed by atoms with van der Waals surface area (Å²) in [6, 6.07) is 11.9. The number of anilines is 1. The monoisotopic (exact) mass is 353 g/mol. The van der Waals surface area contributed by atoms with E-state index in [1.54, 1.807) is 15.9 Å². The first-order chi connectivity index (χ1) is 12.7. The Morgan fingerprint density at radius 2 is 1.88 bits per heavy atom. The van der Waals surface area contributed by atoms with Gasteiger partial charge in [0.2, 0.25) is 6.41 Å². The van der Waals surface area contributed by atoms with Crippen LogP contribution in [0.1, 0.15) is 23.0 Å². The van der Waals surface area contributed by atoms with Gasteiger partial charge < -0.3 is 14.7 Å². The molecule has 0 N–H and O–H groups in total. The second-order valence-electron chi connectivity index (χ2n) is 6.19. The molecule has 2 amide bonds. The van der Waals surface area contributed by atoms with E-state index in [4.69, 9.17) is 0 Å². The fourth-order valence-corrected chi connectivity index (χ4v) is 2.99. The SMILES string of the molecule is CCN(Cc1ccccc1)c1cc(C(=O)N2CCN(C=O)CC2)ncn1. The van der Waals surface area contributed by atoms with Crippen LogP contribution in [0.3, 0.4) is 0 Å². The first-order valence-electron chi connectivity index (χ1n) is 8.80. The van der Waals surface area contributed by atoms with Gasteiger partial charge in [0.15, 0.2) is 0 Å². The van der Waals surface area contributed by atoms with Crippen molar-refractivity contribution in [2.75, 3.05) is 37.6 Å². The Morgan fingerprint density at radius 1 is 1.15 bits per heavy atom. The van der Waals surface area contributed by atoms with Crippen LogP contribution in [-0.4, -0.2) is 64.8 Å². The van der Waals surface area contributed by atoms with Gasteiger partial charge in [0.05, 0.1) is 0 Å². The number of hydrogen-bond donors (Lipinski definition) is 0. The minimum Gasteiger partial charge on any atom is -0.352 e. The van der Waals surface area contributed by atoms with E-state index in [1.807, 2.05) is 18.2 Å². The molecule has 0 unspecified atom stereocenters. The summed E-state index contributed by atoms with van der Waals surface area (Å²) < 4.78 is 0. The Labute approximate surface area is 153 Å². The molecule has 0 atom stereocenters. The predicted molar refractivity (Wildman–Crippen MR) is 98.7 cm³/mol. The van der Waals surface area contributed by atoms with E-state index in [2.05, 4.69) is 33.9 Å². The maximum absolute atomic E-state index is 12.7. The summed E-state index contributed by atoms with van der Waals surface area (Å²) in [5, 5.41) is 0. The summed E-state index contributed by atoms with van der Waals surface area (Å²) in [5.74, 6) is 0.621. The van der Waals surface area contributed by atoms with Crippen LogP contribution in [0.15, 0.2) is 42.7 Å². The Hall–Kier alpha value is -2.96. The van der Waals surface area contributed by atoms with Gasteiger partial charge in [0.1, 0.15) is 17.8 Å². The average molecular weight is 353 g/mol. The first-order valence-corrected chi connectivity index (χ1v) is 8.80. The summed E-state index contributed by atoms with van der Waals surface area (Å²) in [7, 11) is 0. The highest BCUT2D eigenvalue weighted by molar-refractivity contribution is 5.93. The fourth-order valence-electron chi connectivity index (χ4n) is 2.99. The lowest BCUT2D eigenvalue weighted by Gasteiger charge is -2.32. The molecule has 0 bridgehead atoms. The molecule has 1 aliphatic heterocycles. The van der Waals surface area contributed by atoms with Crippen LogP contribution in [0.2, 0.25) is 0 Å². The van der Waals surface area contributed by atoms with Crippen LogP contribution >= 0.6 is 0 Å². The smallest absolute Gasteiger partial charge is 0.272 e. The third-order valence-corrected chi connectivity index (χ3v) is 4.54. The number of carbonyl (C=O) groups is 2. The molecule has 1 aliphatic rings. The standard InChI is InChI=1S/C19H23N5O2/c1-2-23(13-16-6-4-3-5-7-16)18-12-17(20-14-21-18)19(26)24-10-8-22(15-25)9-11-24/h3-7,12,14-15H,2,8-11,13H2,1H3. The van der Waals surface area contributed by atoms with Crippen molar-refractivity contribution in [1.29, 1.82) is 0 Å². The molecule has 0 aliphatic carbocycles. The lowest BCUT2D eigenvalue weighted by Crippen LogP contribution is -2.48. The van der Waals surface area contributed by atoms with Crippen molar-refractivity contribution < 1.29 is 9.59 Å². The Kier molecular flexibility index (Phi) is 5.78. The van der Waals surface area contributed by atoms with Crippen LogP contribution in [0, 0.1) is 0 Å². The molecular formula is C19H23N5O2. The molecule has 1 aromatic heterocycles. The number of amides is 2. The van der Waals surface area contributed by atoms with Crippen molar-refractivity contribution in [3.05, 3.63) is 54.0 Å². The lowest BCUT2D eigenvalue weighted by atomic mass is 10.2. The number of rotatable bonds is 6. The van der Waals surface area contributed by atoms with Crippen molar-refractivity contribution in [3.8, 4) is 0 Å². The number of benzene rings is 1. The highest BCUT2D eigenvalue weighted by Crippen LogP contribution is 2.16. The highest BCUT2D eigenvalue weighted by Gasteiger charge is 2.23. The molecule has 0 saturated carbocycles. The van der Waals surface area contributed by atoms with E-state index >= 15 is 0 Å². The highest BCUT2D eigenvalue weighted by atomic mass is 16.2. The molecule has 7 nitrogen and oxygen atoms in total. The number of carbonyl (C=O) groups excluding carboxylic acids is 2. The van der Waals surface area contributed by atoms with E-state index in [0.29, 0.717) is 31.9 Å². The Morgan fingerprint density at radius 3 is 2.54 bits per heavy atom. The Bertz CT molecular complexity index is 745. The molecule has 3 rings (SSSR count). The molecule has 0 spiro atoms. The van der Waals surface area contributed by atoms with Crippen LogP contribution in [0.5, 0.6) is 0 Å². The maximum Gasteiger partial charge on any atom is 0.272 e. The topological polar surface area (TPSA) is 69.6 Å². The first kappa shape index (κ1) is 17.8. The van der Waals surface area contributed by atoms with Gasteiger partial charge in [0, 0.05) is 45.3 Å². The summed E-state index contributed by atoms with van der Waals surface area (Å²) in [6.45, 7) is 5.73. The number of hydrogen-bond acceptors (Lipinski definition) is 5. The van der Waals surface area contributed by atoms with Gasteiger partial charge in [0.25, 0.3) is 5.91 Å². The van der Waals surface area contributed by atoms with Gasteiger partial charge >= 0.3 is 0 Å². The third-order valence-electron chi connectivity index (χ3n) is 4.54. The van der Waals surface area contributed by atoms with Crippen LogP contribution in [0.25, 0.3) is 0 Å². The number of aromatic nitrogens is 2. The molecule has 1 aromatic carbocycles. The van der Waals surface area contributed by atoms with Gasteiger partial charge in [-0.2, -0.15) is 0 Å². The van der Waals surface area contributed by atoms with Gasteiger partial charge in [-0.05, 0) is 12.5 Å². The summed E-state index contributed by atoms with van der Waals surface area (Å²) in [6.07, 6.45) is 2.27. The van der Waals surface area contributed by atoms with Crippen molar-refractivity contribution >= 4 is 18.1 Å². The molecule has 0 radical (unpaired) electrons. The molecular weight excluding hydrogens is 330 g/mol. The normalized spacial score (nSPS) is 14.2. The third kappa shape index (κ3) is 4.17.